The Morgan fingerprint density at radius 3 is 3.00 bits per heavy atom. The molecule has 0 saturated carbocycles. The van der Waals surface area contributed by atoms with Gasteiger partial charge in [0.2, 0.25) is 5.91 Å². The molecule has 0 radical (unpaired) electrons. The summed E-state index contributed by atoms with van der Waals surface area (Å²) in [6.07, 6.45) is 7.62. The van der Waals surface area contributed by atoms with Crippen LogP contribution in [0, 0.1) is 0 Å². The molecule has 0 bridgehead atoms. The number of unbranched alkanes of at least 4 members (excludes halogenated alkanes) is 2. The van der Waals surface area contributed by atoms with Crippen molar-refractivity contribution in [1.29, 1.82) is 0 Å². The Balaban J connectivity index is 2.11. The summed E-state index contributed by atoms with van der Waals surface area (Å²) in [6.45, 7) is 2.96. The highest BCUT2D eigenvalue weighted by Gasteiger charge is 2.01. The van der Waals surface area contributed by atoms with E-state index in [-0.39, 0.29) is 5.91 Å². The fourth-order valence-corrected chi connectivity index (χ4v) is 1.32. The highest BCUT2D eigenvalue weighted by molar-refractivity contribution is 5.78. The van der Waals surface area contributed by atoms with Crippen LogP contribution in [0.15, 0.2) is 18.5 Å². The number of carbonyl (C=O) groups is 1. The maximum Gasteiger partial charge on any atom is 0.224 e. The lowest BCUT2D eigenvalue weighted by atomic mass is 10.2. The van der Waals surface area contributed by atoms with E-state index < -0.39 is 0 Å². The summed E-state index contributed by atoms with van der Waals surface area (Å²) in [7, 11) is 0. The molecule has 0 spiro atoms. The molecule has 0 aliphatic heterocycles. The van der Waals surface area contributed by atoms with Crippen LogP contribution in [0.2, 0.25) is 0 Å². The Bertz CT molecular complexity index is 254. The number of hydrogen-bond acceptors (Lipinski definition) is 1. The van der Waals surface area contributed by atoms with Crippen molar-refractivity contribution in [3.05, 3.63) is 24.0 Å². The van der Waals surface area contributed by atoms with Gasteiger partial charge in [0, 0.05) is 18.9 Å². The van der Waals surface area contributed by atoms with Crippen molar-refractivity contribution < 1.29 is 4.79 Å². The Kier molecular flexibility index (Phi) is 4.83. The van der Waals surface area contributed by atoms with Gasteiger partial charge in [-0.2, -0.15) is 0 Å². The summed E-state index contributed by atoms with van der Waals surface area (Å²) in [5, 5.41) is 2.90. The third-order valence-electron chi connectivity index (χ3n) is 2.13. The van der Waals surface area contributed by atoms with Gasteiger partial charge in [0.25, 0.3) is 0 Å². The SMILES string of the molecule is CCCCCNC(=O)Cc1cc[nH]c1. The quantitative estimate of drug-likeness (QED) is 0.667. The molecule has 0 aromatic carbocycles. The van der Waals surface area contributed by atoms with Crippen molar-refractivity contribution >= 4 is 5.91 Å². The molecule has 1 rings (SSSR count). The van der Waals surface area contributed by atoms with Gasteiger partial charge in [-0.05, 0) is 18.1 Å². The average molecular weight is 194 g/mol. The van der Waals surface area contributed by atoms with Crippen LogP contribution in [0.1, 0.15) is 31.7 Å². The standard InChI is InChI=1S/C11H18N2O/c1-2-3-4-6-13-11(14)8-10-5-7-12-9-10/h5,7,9,12H,2-4,6,8H2,1H3,(H,13,14). The molecule has 3 heteroatoms. The molecule has 3 nitrogen and oxygen atoms in total. The van der Waals surface area contributed by atoms with Crippen LogP contribution in [0.3, 0.4) is 0 Å². The zero-order valence-corrected chi connectivity index (χ0v) is 8.68. The number of carbonyl (C=O) groups excluding carboxylic acids is 1. The number of amides is 1. The van der Waals surface area contributed by atoms with E-state index in [1.807, 2.05) is 18.5 Å². The second-order valence-electron chi connectivity index (χ2n) is 3.45. The molecule has 0 unspecified atom stereocenters. The molecule has 0 aliphatic carbocycles. The second kappa shape index (κ2) is 6.24. The van der Waals surface area contributed by atoms with E-state index in [1.165, 1.54) is 12.8 Å². The van der Waals surface area contributed by atoms with Gasteiger partial charge in [0.1, 0.15) is 0 Å². The average Bonchev–Trinajstić information content (AvgIpc) is 2.65. The van der Waals surface area contributed by atoms with Crippen molar-refractivity contribution in [2.45, 2.75) is 32.6 Å². The first-order valence-electron chi connectivity index (χ1n) is 5.21. The van der Waals surface area contributed by atoms with Gasteiger partial charge >= 0.3 is 0 Å². The number of rotatable bonds is 6. The van der Waals surface area contributed by atoms with Crippen LogP contribution in [0.5, 0.6) is 0 Å². The predicted octanol–water partition coefficient (Wildman–Crippen LogP) is 1.86. The van der Waals surface area contributed by atoms with Gasteiger partial charge in [-0.25, -0.2) is 0 Å². The van der Waals surface area contributed by atoms with Crippen LogP contribution in [-0.2, 0) is 11.2 Å². The van der Waals surface area contributed by atoms with E-state index in [4.69, 9.17) is 0 Å². The third kappa shape index (κ3) is 4.12. The van der Waals surface area contributed by atoms with Crippen LogP contribution in [0.25, 0.3) is 0 Å². The molecule has 14 heavy (non-hydrogen) atoms. The number of hydrogen-bond donors (Lipinski definition) is 2. The van der Waals surface area contributed by atoms with E-state index in [2.05, 4.69) is 17.2 Å². The zero-order chi connectivity index (χ0) is 10.2. The maximum atomic E-state index is 11.3. The lowest BCUT2D eigenvalue weighted by molar-refractivity contribution is -0.120. The normalized spacial score (nSPS) is 10.1. The molecule has 2 N–H and O–H groups in total. The molecular weight excluding hydrogens is 176 g/mol. The Morgan fingerprint density at radius 1 is 1.50 bits per heavy atom. The maximum absolute atomic E-state index is 11.3. The molecular formula is C11H18N2O. The van der Waals surface area contributed by atoms with Crippen LogP contribution >= 0.6 is 0 Å². The topological polar surface area (TPSA) is 44.9 Å². The van der Waals surface area contributed by atoms with E-state index >= 15 is 0 Å². The molecule has 78 valence electrons. The van der Waals surface area contributed by atoms with Crippen LogP contribution in [-0.4, -0.2) is 17.4 Å². The summed E-state index contributed by atoms with van der Waals surface area (Å²) in [4.78, 5) is 14.3. The van der Waals surface area contributed by atoms with E-state index in [1.54, 1.807) is 0 Å². The zero-order valence-electron chi connectivity index (χ0n) is 8.68. The van der Waals surface area contributed by atoms with Gasteiger partial charge in [-0.1, -0.05) is 19.8 Å². The predicted molar refractivity (Wildman–Crippen MR) is 57.0 cm³/mol. The fourth-order valence-electron chi connectivity index (χ4n) is 1.32. The van der Waals surface area contributed by atoms with Gasteiger partial charge in [-0.15, -0.1) is 0 Å². The summed E-state index contributed by atoms with van der Waals surface area (Å²) >= 11 is 0. The highest BCUT2D eigenvalue weighted by Crippen LogP contribution is 1.97. The molecule has 0 atom stereocenters. The van der Waals surface area contributed by atoms with Crippen LogP contribution < -0.4 is 5.32 Å². The van der Waals surface area contributed by atoms with Crippen molar-refractivity contribution in [2.24, 2.45) is 0 Å². The minimum absolute atomic E-state index is 0.112. The lowest BCUT2D eigenvalue weighted by Gasteiger charge is -2.02. The smallest absolute Gasteiger partial charge is 0.224 e. The molecule has 1 aromatic heterocycles. The van der Waals surface area contributed by atoms with Gasteiger partial charge < -0.3 is 10.3 Å². The summed E-state index contributed by atoms with van der Waals surface area (Å²) in [5.74, 6) is 0.112. The van der Waals surface area contributed by atoms with E-state index in [0.717, 1.165) is 18.5 Å². The molecule has 1 amide bonds. The largest absolute Gasteiger partial charge is 0.367 e. The first-order valence-corrected chi connectivity index (χ1v) is 5.21. The number of H-pyrrole nitrogens is 1. The lowest BCUT2D eigenvalue weighted by Crippen LogP contribution is -2.25. The van der Waals surface area contributed by atoms with Gasteiger partial charge in [0.05, 0.1) is 6.42 Å². The first-order chi connectivity index (χ1) is 6.83. The number of aromatic nitrogens is 1. The van der Waals surface area contributed by atoms with Crippen molar-refractivity contribution in [3.8, 4) is 0 Å². The Hall–Kier alpha value is -1.25. The van der Waals surface area contributed by atoms with Crippen LogP contribution in [0.4, 0.5) is 0 Å². The molecule has 0 aliphatic rings. The van der Waals surface area contributed by atoms with Gasteiger partial charge in [-0.3, -0.25) is 4.79 Å². The minimum atomic E-state index is 0.112. The Labute approximate surface area is 84.9 Å². The third-order valence-corrected chi connectivity index (χ3v) is 2.13. The van der Waals surface area contributed by atoms with Crippen molar-refractivity contribution in [2.75, 3.05) is 6.54 Å². The first kappa shape index (κ1) is 10.8. The summed E-state index contributed by atoms with van der Waals surface area (Å²) in [5.41, 5.74) is 1.04. The van der Waals surface area contributed by atoms with Crippen molar-refractivity contribution in [1.82, 2.24) is 10.3 Å². The molecule has 0 saturated heterocycles. The highest BCUT2D eigenvalue weighted by atomic mass is 16.1. The monoisotopic (exact) mass is 194 g/mol. The van der Waals surface area contributed by atoms with Crippen molar-refractivity contribution in [3.63, 3.8) is 0 Å². The summed E-state index contributed by atoms with van der Waals surface area (Å²) < 4.78 is 0. The number of aromatic amines is 1. The molecule has 1 heterocycles. The van der Waals surface area contributed by atoms with E-state index in [9.17, 15) is 4.79 Å². The Morgan fingerprint density at radius 2 is 2.36 bits per heavy atom. The molecule has 0 fully saturated rings. The second-order valence-corrected chi connectivity index (χ2v) is 3.45. The fraction of sp³-hybridized carbons (Fsp3) is 0.545. The van der Waals surface area contributed by atoms with E-state index in [0.29, 0.717) is 6.42 Å². The van der Waals surface area contributed by atoms with Gasteiger partial charge in [0.15, 0.2) is 0 Å². The summed E-state index contributed by atoms with van der Waals surface area (Å²) in [6, 6.07) is 1.92. The number of nitrogens with one attached hydrogen (secondary N) is 2. The molecule has 1 aromatic rings. The minimum Gasteiger partial charge on any atom is -0.367 e.